The molecule has 0 bridgehead atoms. The Labute approximate surface area is 109 Å². The molecular weight excluding hydrogens is 246 g/mol. The smallest absolute Gasteiger partial charge is 0.269 e. The summed E-state index contributed by atoms with van der Waals surface area (Å²) < 4.78 is 5.00. The molecule has 0 radical (unpaired) electrons. The summed E-state index contributed by atoms with van der Waals surface area (Å²) >= 11 is 0. The van der Waals surface area contributed by atoms with Crippen molar-refractivity contribution in [1.82, 2.24) is 4.98 Å². The number of nitriles is 1. The second-order valence-corrected chi connectivity index (χ2v) is 3.69. The van der Waals surface area contributed by atoms with Crippen LogP contribution in [-0.4, -0.2) is 17.0 Å². The molecular formula is C13H9N3O3. The molecule has 0 fully saturated rings. The summed E-state index contributed by atoms with van der Waals surface area (Å²) in [6.45, 7) is 0. The number of pyridine rings is 1. The van der Waals surface area contributed by atoms with E-state index in [1.165, 1.54) is 25.4 Å². The van der Waals surface area contributed by atoms with Gasteiger partial charge in [0, 0.05) is 17.7 Å². The molecule has 19 heavy (non-hydrogen) atoms. The first-order valence-electron chi connectivity index (χ1n) is 5.34. The average Bonchev–Trinajstić information content (AvgIpc) is 2.46. The van der Waals surface area contributed by atoms with Gasteiger partial charge in [-0.15, -0.1) is 0 Å². The number of ether oxygens (including phenoxy) is 1. The second-order valence-electron chi connectivity index (χ2n) is 3.69. The zero-order valence-corrected chi connectivity index (χ0v) is 10.0. The van der Waals surface area contributed by atoms with Gasteiger partial charge in [0.1, 0.15) is 6.07 Å². The van der Waals surface area contributed by atoms with E-state index in [2.05, 4.69) is 4.98 Å². The summed E-state index contributed by atoms with van der Waals surface area (Å²) in [5.41, 5.74) is 1.64. The molecule has 2 rings (SSSR count). The summed E-state index contributed by atoms with van der Waals surface area (Å²) in [5, 5.41) is 19.6. The van der Waals surface area contributed by atoms with Crippen LogP contribution in [0.15, 0.2) is 36.5 Å². The summed E-state index contributed by atoms with van der Waals surface area (Å²) in [4.78, 5) is 14.3. The van der Waals surface area contributed by atoms with Crippen molar-refractivity contribution in [3.8, 4) is 23.1 Å². The highest BCUT2D eigenvalue weighted by atomic mass is 16.6. The van der Waals surface area contributed by atoms with Gasteiger partial charge >= 0.3 is 0 Å². The molecule has 0 saturated carbocycles. The highest BCUT2D eigenvalue weighted by Crippen LogP contribution is 2.25. The van der Waals surface area contributed by atoms with Crippen LogP contribution >= 0.6 is 0 Å². The number of nitro groups is 1. The Kier molecular flexibility index (Phi) is 3.39. The zero-order valence-electron chi connectivity index (χ0n) is 10.0. The monoisotopic (exact) mass is 255 g/mol. The predicted octanol–water partition coefficient (Wildman–Crippen LogP) is 2.54. The van der Waals surface area contributed by atoms with Crippen molar-refractivity contribution in [1.29, 1.82) is 5.26 Å². The highest BCUT2D eigenvalue weighted by Gasteiger charge is 2.09. The average molecular weight is 255 g/mol. The maximum atomic E-state index is 10.6. The topological polar surface area (TPSA) is 89.1 Å². The van der Waals surface area contributed by atoms with Crippen molar-refractivity contribution in [2.75, 3.05) is 7.11 Å². The maximum Gasteiger partial charge on any atom is 0.269 e. The lowest BCUT2D eigenvalue weighted by atomic mass is 10.1. The molecule has 1 aromatic carbocycles. The molecule has 6 nitrogen and oxygen atoms in total. The summed E-state index contributed by atoms with van der Waals surface area (Å²) in [5.74, 6) is 0.396. The van der Waals surface area contributed by atoms with Gasteiger partial charge in [0.15, 0.2) is 5.75 Å². The first-order chi connectivity index (χ1) is 9.15. The lowest BCUT2D eigenvalue weighted by Crippen LogP contribution is -1.92. The number of aromatic nitrogens is 1. The Hall–Kier alpha value is -2.94. The number of rotatable bonds is 3. The van der Waals surface area contributed by atoms with Crippen molar-refractivity contribution in [3.05, 3.63) is 52.2 Å². The molecule has 0 spiro atoms. The fourth-order valence-corrected chi connectivity index (χ4v) is 1.60. The largest absolute Gasteiger partial charge is 0.494 e. The number of hydrogen-bond acceptors (Lipinski definition) is 5. The van der Waals surface area contributed by atoms with E-state index in [1.807, 2.05) is 6.07 Å². The first kappa shape index (κ1) is 12.5. The fraction of sp³-hybridized carbons (Fsp3) is 0.0769. The van der Waals surface area contributed by atoms with Crippen LogP contribution in [0, 0.1) is 21.4 Å². The molecule has 94 valence electrons. The minimum Gasteiger partial charge on any atom is -0.494 e. The van der Waals surface area contributed by atoms with Crippen molar-refractivity contribution >= 4 is 5.69 Å². The Morgan fingerprint density at radius 3 is 2.58 bits per heavy atom. The summed E-state index contributed by atoms with van der Waals surface area (Å²) in [6.07, 6.45) is 1.45. The van der Waals surface area contributed by atoms with Crippen LogP contribution in [-0.2, 0) is 0 Å². The van der Waals surface area contributed by atoms with E-state index in [0.717, 1.165) is 0 Å². The molecule has 2 aromatic rings. The summed E-state index contributed by atoms with van der Waals surface area (Å²) in [7, 11) is 1.46. The van der Waals surface area contributed by atoms with Gasteiger partial charge in [-0.1, -0.05) is 0 Å². The van der Waals surface area contributed by atoms with E-state index in [9.17, 15) is 10.1 Å². The third-order valence-electron chi connectivity index (χ3n) is 2.58. The Balaban J connectivity index is 2.42. The molecule has 0 N–H and O–H groups in total. The molecule has 0 atom stereocenters. The third-order valence-corrected chi connectivity index (χ3v) is 2.58. The third kappa shape index (κ3) is 2.50. The maximum absolute atomic E-state index is 10.6. The van der Waals surface area contributed by atoms with Gasteiger partial charge in [-0.25, -0.2) is 0 Å². The number of nitro benzene ring substituents is 1. The lowest BCUT2D eigenvalue weighted by Gasteiger charge is -2.05. The number of methoxy groups -OCH3 is 1. The van der Waals surface area contributed by atoms with Gasteiger partial charge in [0.05, 0.1) is 29.5 Å². The summed E-state index contributed by atoms with van der Waals surface area (Å²) in [6, 6.07) is 9.57. The van der Waals surface area contributed by atoms with Crippen LogP contribution < -0.4 is 4.74 Å². The normalized spacial score (nSPS) is 9.68. The van der Waals surface area contributed by atoms with Crippen molar-refractivity contribution in [3.63, 3.8) is 0 Å². The van der Waals surface area contributed by atoms with Gasteiger partial charge in [0.25, 0.3) is 5.69 Å². The molecule has 0 aliphatic rings. The van der Waals surface area contributed by atoms with E-state index < -0.39 is 4.92 Å². The minimum absolute atomic E-state index is 0.0118. The van der Waals surface area contributed by atoms with Crippen molar-refractivity contribution in [2.45, 2.75) is 0 Å². The molecule has 0 unspecified atom stereocenters. The quantitative estimate of drug-likeness (QED) is 0.621. The first-order valence-corrected chi connectivity index (χ1v) is 5.34. The Bertz CT molecular complexity index is 660. The Morgan fingerprint density at radius 2 is 2.05 bits per heavy atom. The van der Waals surface area contributed by atoms with Crippen LogP contribution in [0.4, 0.5) is 5.69 Å². The molecule has 0 aliphatic carbocycles. The van der Waals surface area contributed by atoms with E-state index in [0.29, 0.717) is 22.6 Å². The molecule has 1 heterocycles. The molecule has 0 amide bonds. The van der Waals surface area contributed by atoms with E-state index >= 15 is 0 Å². The zero-order chi connectivity index (χ0) is 13.8. The van der Waals surface area contributed by atoms with E-state index in [-0.39, 0.29) is 5.69 Å². The molecule has 0 aliphatic heterocycles. The van der Waals surface area contributed by atoms with Gasteiger partial charge < -0.3 is 4.74 Å². The second kappa shape index (κ2) is 5.14. The van der Waals surface area contributed by atoms with Crippen molar-refractivity contribution in [2.24, 2.45) is 0 Å². The van der Waals surface area contributed by atoms with Crippen LogP contribution in [0.3, 0.4) is 0 Å². The van der Waals surface area contributed by atoms with Crippen LogP contribution in [0.25, 0.3) is 11.3 Å². The van der Waals surface area contributed by atoms with Gasteiger partial charge in [-0.2, -0.15) is 5.26 Å². The van der Waals surface area contributed by atoms with Gasteiger partial charge in [-0.3, -0.25) is 15.1 Å². The van der Waals surface area contributed by atoms with Crippen LogP contribution in [0.5, 0.6) is 5.75 Å². The number of hydrogen-bond donors (Lipinski definition) is 0. The van der Waals surface area contributed by atoms with Gasteiger partial charge in [0.2, 0.25) is 0 Å². The fourth-order valence-electron chi connectivity index (χ4n) is 1.60. The van der Waals surface area contributed by atoms with E-state index in [1.54, 1.807) is 18.2 Å². The van der Waals surface area contributed by atoms with Crippen LogP contribution in [0.1, 0.15) is 5.56 Å². The minimum atomic E-state index is -0.466. The standard InChI is InChI=1S/C13H9N3O3/c1-19-13-8-15-12(6-10(13)7-14)9-2-4-11(5-3-9)16(17)18/h2-6,8H,1H3. The number of nitrogens with zero attached hydrogens (tertiary/aromatic N) is 3. The van der Waals surface area contributed by atoms with Crippen molar-refractivity contribution < 1.29 is 9.66 Å². The van der Waals surface area contributed by atoms with Gasteiger partial charge in [-0.05, 0) is 18.2 Å². The predicted molar refractivity (Wildman–Crippen MR) is 67.6 cm³/mol. The molecule has 6 heteroatoms. The lowest BCUT2D eigenvalue weighted by molar-refractivity contribution is -0.384. The van der Waals surface area contributed by atoms with Crippen LogP contribution in [0.2, 0.25) is 0 Å². The molecule has 1 aromatic heterocycles. The number of benzene rings is 1. The highest BCUT2D eigenvalue weighted by molar-refractivity contribution is 5.64. The SMILES string of the molecule is COc1cnc(-c2ccc([N+](=O)[O-])cc2)cc1C#N. The van der Waals surface area contributed by atoms with E-state index in [4.69, 9.17) is 10.00 Å². The number of non-ortho nitro benzene ring substituents is 1. The Morgan fingerprint density at radius 1 is 1.37 bits per heavy atom. The molecule has 0 saturated heterocycles.